The minimum Gasteiger partial charge on any atom is -0.385 e. The van der Waals surface area contributed by atoms with Gasteiger partial charge in [0.25, 0.3) is 0 Å². The molecule has 1 aromatic heterocycles. The molecular weight excluding hydrogens is 246 g/mol. The maximum Gasteiger partial charge on any atom is 0.0543 e. The van der Waals surface area contributed by atoms with Gasteiger partial charge in [0.15, 0.2) is 0 Å². The molecule has 0 aliphatic carbocycles. The lowest BCUT2D eigenvalue weighted by atomic mass is 10.0. The van der Waals surface area contributed by atoms with Gasteiger partial charge in [-0.3, -0.25) is 9.88 Å². The number of hydrogen-bond donors (Lipinski definition) is 1. The molecule has 104 valence electrons. The molecule has 0 spiro atoms. The van der Waals surface area contributed by atoms with Gasteiger partial charge >= 0.3 is 0 Å². The average molecular weight is 267 g/mol. The summed E-state index contributed by atoms with van der Waals surface area (Å²) in [5.41, 5.74) is 5.27. The monoisotopic (exact) mass is 267 g/mol. The largest absolute Gasteiger partial charge is 0.385 e. The highest BCUT2D eigenvalue weighted by atomic mass is 15.1. The number of aromatic nitrogens is 1. The minimum absolute atomic E-state index is 0.885. The van der Waals surface area contributed by atoms with E-state index >= 15 is 0 Å². The molecule has 0 atom stereocenters. The molecule has 1 aromatic carbocycles. The maximum atomic E-state index is 4.38. The van der Waals surface area contributed by atoms with Gasteiger partial charge in [0.2, 0.25) is 0 Å². The molecule has 3 heteroatoms. The molecule has 1 N–H and O–H groups in total. The molecule has 1 aliphatic heterocycles. The van der Waals surface area contributed by atoms with Crippen LogP contribution in [0.3, 0.4) is 0 Å². The Labute approximate surface area is 120 Å². The van der Waals surface area contributed by atoms with Crippen LogP contribution in [0, 0.1) is 0 Å². The van der Waals surface area contributed by atoms with E-state index in [0.29, 0.717) is 0 Å². The van der Waals surface area contributed by atoms with Crippen molar-refractivity contribution in [3.63, 3.8) is 0 Å². The van der Waals surface area contributed by atoms with Crippen molar-refractivity contribution in [3.8, 4) is 0 Å². The third kappa shape index (κ3) is 3.17. The highest BCUT2D eigenvalue weighted by molar-refractivity contribution is 5.54. The lowest BCUT2D eigenvalue weighted by Crippen LogP contribution is -2.18. The molecule has 2 heterocycles. The van der Waals surface area contributed by atoms with E-state index < -0.39 is 0 Å². The van der Waals surface area contributed by atoms with E-state index in [1.807, 2.05) is 18.3 Å². The first-order chi connectivity index (χ1) is 9.81. The molecular formula is C17H21N3. The molecule has 3 nitrogen and oxygen atoms in total. The summed E-state index contributed by atoms with van der Waals surface area (Å²) in [5, 5.41) is 3.46. The summed E-state index contributed by atoms with van der Waals surface area (Å²) in [5.74, 6) is 0. The fourth-order valence-corrected chi connectivity index (χ4v) is 2.76. The van der Waals surface area contributed by atoms with E-state index in [0.717, 1.165) is 25.3 Å². The van der Waals surface area contributed by atoms with Crippen molar-refractivity contribution in [2.75, 3.05) is 18.9 Å². The summed E-state index contributed by atoms with van der Waals surface area (Å²) in [6.07, 6.45) is 4.29. The Morgan fingerprint density at radius 3 is 3.00 bits per heavy atom. The molecule has 0 saturated heterocycles. The Bertz CT molecular complexity index is 566. The van der Waals surface area contributed by atoms with Gasteiger partial charge in [-0.1, -0.05) is 18.2 Å². The van der Waals surface area contributed by atoms with E-state index in [1.54, 1.807) is 0 Å². The second-order valence-electron chi connectivity index (χ2n) is 5.52. The quantitative estimate of drug-likeness (QED) is 0.922. The van der Waals surface area contributed by atoms with Gasteiger partial charge in [-0.25, -0.2) is 0 Å². The van der Waals surface area contributed by atoms with Crippen LogP contribution in [0.25, 0.3) is 0 Å². The van der Waals surface area contributed by atoms with Crippen LogP contribution in [-0.4, -0.2) is 23.5 Å². The van der Waals surface area contributed by atoms with Crippen LogP contribution < -0.4 is 5.32 Å². The number of pyridine rings is 1. The number of benzene rings is 1. The first-order valence-electron chi connectivity index (χ1n) is 7.25. The van der Waals surface area contributed by atoms with Crippen LogP contribution >= 0.6 is 0 Å². The van der Waals surface area contributed by atoms with Crippen LogP contribution in [0.5, 0.6) is 0 Å². The third-order valence-electron chi connectivity index (χ3n) is 3.72. The lowest BCUT2D eigenvalue weighted by molar-refractivity contribution is 0.315. The van der Waals surface area contributed by atoms with E-state index in [4.69, 9.17) is 0 Å². The second kappa shape index (κ2) is 6.06. The smallest absolute Gasteiger partial charge is 0.0543 e. The number of nitrogens with zero attached hydrogens (tertiary/aromatic N) is 2. The van der Waals surface area contributed by atoms with E-state index in [-0.39, 0.29) is 0 Å². The van der Waals surface area contributed by atoms with E-state index in [1.165, 1.54) is 29.7 Å². The number of rotatable bonds is 4. The topological polar surface area (TPSA) is 28.2 Å². The van der Waals surface area contributed by atoms with Crippen LogP contribution in [0.2, 0.25) is 0 Å². The van der Waals surface area contributed by atoms with Gasteiger partial charge in [0.1, 0.15) is 0 Å². The van der Waals surface area contributed by atoms with Crippen molar-refractivity contribution >= 4 is 5.69 Å². The van der Waals surface area contributed by atoms with Gasteiger partial charge in [0.05, 0.1) is 5.69 Å². The molecule has 0 amide bonds. The number of aryl methyl sites for hydroxylation is 1. The summed E-state index contributed by atoms with van der Waals surface area (Å²) >= 11 is 0. The number of nitrogens with one attached hydrogen (secondary N) is 1. The van der Waals surface area contributed by atoms with Crippen molar-refractivity contribution in [2.24, 2.45) is 0 Å². The summed E-state index contributed by atoms with van der Waals surface area (Å²) in [6, 6.07) is 12.9. The molecule has 20 heavy (non-hydrogen) atoms. The van der Waals surface area contributed by atoms with Crippen molar-refractivity contribution in [3.05, 3.63) is 59.4 Å². The van der Waals surface area contributed by atoms with Crippen molar-refractivity contribution in [2.45, 2.75) is 25.9 Å². The Balaban J connectivity index is 1.65. The Morgan fingerprint density at radius 1 is 1.20 bits per heavy atom. The Hall–Kier alpha value is -1.87. The highest BCUT2D eigenvalue weighted by Crippen LogP contribution is 2.23. The number of hydrogen-bond acceptors (Lipinski definition) is 3. The zero-order valence-electron chi connectivity index (χ0n) is 12.0. The predicted molar refractivity (Wildman–Crippen MR) is 82.7 cm³/mol. The molecule has 0 unspecified atom stereocenters. The number of anilines is 1. The summed E-state index contributed by atoms with van der Waals surface area (Å²) < 4.78 is 0. The molecule has 0 radical (unpaired) electrons. The van der Waals surface area contributed by atoms with Gasteiger partial charge in [-0.15, -0.1) is 0 Å². The second-order valence-corrected chi connectivity index (χ2v) is 5.52. The molecule has 0 fully saturated rings. The lowest BCUT2D eigenvalue weighted by Gasteiger charge is -2.21. The van der Waals surface area contributed by atoms with Gasteiger partial charge in [-0.05, 0) is 49.2 Å². The van der Waals surface area contributed by atoms with Crippen molar-refractivity contribution < 1.29 is 0 Å². The fourth-order valence-electron chi connectivity index (χ4n) is 2.76. The minimum atomic E-state index is 0.885. The zero-order chi connectivity index (χ0) is 13.8. The summed E-state index contributed by atoms with van der Waals surface area (Å²) in [6.45, 7) is 2.95. The van der Waals surface area contributed by atoms with Crippen LogP contribution in [0.1, 0.15) is 23.2 Å². The molecule has 0 bridgehead atoms. The van der Waals surface area contributed by atoms with Crippen molar-refractivity contribution in [1.82, 2.24) is 9.88 Å². The molecule has 2 aromatic rings. The summed E-state index contributed by atoms with van der Waals surface area (Å²) in [4.78, 5) is 6.68. The van der Waals surface area contributed by atoms with Crippen LogP contribution in [-0.2, 0) is 19.5 Å². The van der Waals surface area contributed by atoms with E-state index in [2.05, 4.69) is 46.5 Å². The standard InChI is InChI=1S/C17H21N3/c1-20(13-16-6-2-3-9-18-16)12-14-7-8-17-15(11-14)5-4-10-19-17/h2-3,6-9,11,19H,4-5,10,12-13H2,1H3. The predicted octanol–water partition coefficient (Wildman–Crippen LogP) is 3.07. The van der Waals surface area contributed by atoms with Gasteiger partial charge in [-0.2, -0.15) is 0 Å². The SMILES string of the molecule is CN(Cc1ccc2c(c1)CCCN2)Cc1ccccn1. The van der Waals surface area contributed by atoms with E-state index in [9.17, 15) is 0 Å². The average Bonchev–Trinajstić information content (AvgIpc) is 2.48. The van der Waals surface area contributed by atoms with Crippen LogP contribution in [0.4, 0.5) is 5.69 Å². The molecule has 1 aliphatic rings. The Morgan fingerprint density at radius 2 is 2.15 bits per heavy atom. The van der Waals surface area contributed by atoms with Crippen molar-refractivity contribution in [1.29, 1.82) is 0 Å². The zero-order valence-corrected chi connectivity index (χ0v) is 12.0. The normalized spacial score (nSPS) is 13.9. The number of fused-ring (bicyclic) bond motifs is 1. The Kier molecular flexibility index (Phi) is 3.97. The maximum absolute atomic E-state index is 4.38. The first-order valence-corrected chi connectivity index (χ1v) is 7.25. The fraction of sp³-hybridized carbons (Fsp3) is 0.353. The first kappa shape index (κ1) is 13.1. The summed E-state index contributed by atoms with van der Waals surface area (Å²) in [7, 11) is 2.15. The van der Waals surface area contributed by atoms with Crippen LogP contribution in [0.15, 0.2) is 42.6 Å². The third-order valence-corrected chi connectivity index (χ3v) is 3.72. The molecule has 0 saturated carbocycles. The highest BCUT2D eigenvalue weighted by Gasteiger charge is 2.10. The van der Waals surface area contributed by atoms with Gasteiger partial charge < -0.3 is 5.32 Å². The molecule has 3 rings (SSSR count). The van der Waals surface area contributed by atoms with Gasteiger partial charge in [0, 0.05) is 31.5 Å².